The molecule has 0 saturated heterocycles. The van der Waals surface area contributed by atoms with Crippen LogP contribution >= 0.6 is 11.8 Å². The monoisotopic (exact) mass is 306 g/mol. The molecule has 0 heterocycles. The van der Waals surface area contributed by atoms with Crippen molar-refractivity contribution in [3.05, 3.63) is 23.8 Å². The summed E-state index contributed by atoms with van der Waals surface area (Å²) >= 11 is 1.36. The van der Waals surface area contributed by atoms with E-state index in [-0.39, 0.29) is 6.54 Å². The number of hydrogen-bond donors (Lipinski definition) is 2. The van der Waals surface area contributed by atoms with Gasteiger partial charge < -0.3 is 5.73 Å². The standard InChI is InChI=1S/C11H12F2N2O2S2/c1-2-6-18-7-5-15-19(16,17)9-4-3-8(12)11(14)10(9)13/h1,3-4,15H,5-7,14H2. The highest BCUT2D eigenvalue weighted by atomic mass is 32.2. The molecule has 1 aromatic rings. The van der Waals surface area contributed by atoms with Crippen molar-refractivity contribution < 1.29 is 17.2 Å². The van der Waals surface area contributed by atoms with Crippen LogP contribution in [0.15, 0.2) is 17.0 Å². The van der Waals surface area contributed by atoms with Gasteiger partial charge in [0.25, 0.3) is 0 Å². The second-order valence-corrected chi connectivity index (χ2v) is 6.27. The van der Waals surface area contributed by atoms with Crippen molar-refractivity contribution in [1.82, 2.24) is 4.72 Å². The first kappa shape index (κ1) is 15.8. The summed E-state index contributed by atoms with van der Waals surface area (Å²) in [4.78, 5) is -0.673. The van der Waals surface area contributed by atoms with Gasteiger partial charge in [-0.2, -0.15) is 0 Å². The highest BCUT2D eigenvalue weighted by Gasteiger charge is 2.21. The van der Waals surface area contributed by atoms with Crippen LogP contribution in [0.4, 0.5) is 14.5 Å². The zero-order chi connectivity index (χ0) is 14.5. The van der Waals surface area contributed by atoms with Crippen LogP contribution in [-0.2, 0) is 10.0 Å². The number of sulfonamides is 1. The number of benzene rings is 1. The lowest BCUT2D eigenvalue weighted by Crippen LogP contribution is -2.27. The van der Waals surface area contributed by atoms with Crippen molar-refractivity contribution >= 4 is 27.5 Å². The minimum absolute atomic E-state index is 0.0887. The molecular weight excluding hydrogens is 294 g/mol. The Morgan fingerprint density at radius 1 is 1.42 bits per heavy atom. The van der Waals surface area contributed by atoms with E-state index in [0.29, 0.717) is 11.5 Å². The predicted octanol–water partition coefficient (Wildman–Crippen LogP) is 1.19. The quantitative estimate of drug-likeness (QED) is 0.470. The number of hydrogen-bond acceptors (Lipinski definition) is 4. The van der Waals surface area contributed by atoms with Crippen molar-refractivity contribution in [1.29, 1.82) is 0 Å². The molecule has 0 aliphatic rings. The number of nitrogens with one attached hydrogen (secondary N) is 1. The number of thioether (sulfide) groups is 1. The number of rotatable bonds is 6. The Morgan fingerprint density at radius 3 is 2.74 bits per heavy atom. The van der Waals surface area contributed by atoms with Crippen LogP contribution in [0.25, 0.3) is 0 Å². The molecule has 0 amide bonds. The summed E-state index contributed by atoms with van der Waals surface area (Å²) in [6.45, 7) is 0.0887. The van der Waals surface area contributed by atoms with Gasteiger partial charge in [0, 0.05) is 12.3 Å². The number of anilines is 1. The molecule has 19 heavy (non-hydrogen) atoms. The molecule has 104 valence electrons. The van der Waals surface area contributed by atoms with Gasteiger partial charge >= 0.3 is 0 Å². The van der Waals surface area contributed by atoms with E-state index in [1.165, 1.54) is 11.8 Å². The molecule has 0 bridgehead atoms. The highest BCUT2D eigenvalue weighted by molar-refractivity contribution is 7.99. The summed E-state index contributed by atoms with van der Waals surface area (Å²) in [6.07, 6.45) is 5.03. The van der Waals surface area contributed by atoms with Gasteiger partial charge in [0.2, 0.25) is 10.0 Å². The maximum atomic E-state index is 13.6. The largest absolute Gasteiger partial charge is 0.394 e. The first-order valence-electron chi connectivity index (χ1n) is 5.14. The summed E-state index contributed by atoms with van der Waals surface area (Å²) in [7, 11) is -4.05. The minimum Gasteiger partial charge on any atom is -0.394 e. The van der Waals surface area contributed by atoms with Crippen molar-refractivity contribution in [3.63, 3.8) is 0 Å². The van der Waals surface area contributed by atoms with Crippen LogP contribution in [0.5, 0.6) is 0 Å². The molecule has 0 unspecified atom stereocenters. The van der Waals surface area contributed by atoms with Crippen LogP contribution in [0.1, 0.15) is 0 Å². The van der Waals surface area contributed by atoms with E-state index in [9.17, 15) is 17.2 Å². The van der Waals surface area contributed by atoms with E-state index < -0.39 is 32.2 Å². The lowest BCUT2D eigenvalue weighted by Gasteiger charge is -2.08. The Hall–Kier alpha value is -1.30. The van der Waals surface area contributed by atoms with Crippen LogP contribution in [0.2, 0.25) is 0 Å². The second kappa shape index (κ2) is 6.75. The van der Waals surface area contributed by atoms with Crippen LogP contribution in [0, 0.1) is 24.0 Å². The molecule has 0 aliphatic heterocycles. The molecule has 0 aromatic heterocycles. The fourth-order valence-electron chi connectivity index (χ4n) is 1.21. The molecule has 0 spiro atoms. The van der Waals surface area contributed by atoms with Crippen molar-refractivity contribution in [3.8, 4) is 12.3 Å². The first-order valence-corrected chi connectivity index (χ1v) is 7.78. The summed E-state index contributed by atoms with van der Waals surface area (Å²) in [5, 5.41) is 0. The minimum atomic E-state index is -4.05. The normalized spacial score (nSPS) is 11.2. The topological polar surface area (TPSA) is 72.2 Å². The summed E-state index contributed by atoms with van der Waals surface area (Å²) in [5.74, 6) is 1.00. The van der Waals surface area contributed by atoms with E-state index in [4.69, 9.17) is 12.2 Å². The third kappa shape index (κ3) is 4.09. The lowest BCUT2D eigenvalue weighted by molar-refractivity contribution is 0.549. The summed E-state index contributed by atoms with van der Waals surface area (Å²) in [5.41, 5.74) is 4.29. The van der Waals surface area contributed by atoms with Gasteiger partial charge in [0.15, 0.2) is 5.82 Å². The zero-order valence-electron chi connectivity index (χ0n) is 9.82. The molecule has 3 N–H and O–H groups in total. The summed E-state index contributed by atoms with van der Waals surface area (Å²) < 4.78 is 52.2. The maximum Gasteiger partial charge on any atom is 0.243 e. The van der Waals surface area contributed by atoms with Gasteiger partial charge in [-0.25, -0.2) is 21.9 Å². The Morgan fingerprint density at radius 2 is 2.11 bits per heavy atom. The van der Waals surface area contributed by atoms with E-state index in [0.717, 1.165) is 12.1 Å². The molecule has 0 aliphatic carbocycles. The van der Waals surface area contributed by atoms with Crippen molar-refractivity contribution in [2.24, 2.45) is 0 Å². The predicted molar refractivity (Wildman–Crippen MR) is 72.1 cm³/mol. The first-order chi connectivity index (χ1) is 8.90. The number of nitrogen functional groups attached to an aromatic ring is 1. The van der Waals surface area contributed by atoms with Crippen LogP contribution < -0.4 is 10.5 Å². The van der Waals surface area contributed by atoms with Gasteiger partial charge in [-0.05, 0) is 12.1 Å². The van der Waals surface area contributed by atoms with E-state index >= 15 is 0 Å². The Labute approximate surface area is 114 Å². The SMILES string of the molecule is C#CCSCCNS(=O)(=O)c1ccc(F)c(N)c1F. The van der Waals surface area contributed by atoms with E-state index in [1.54, 1.807) is 0 Å². The Balaban J connectivity index is 2.79. The molecule has 0 atom stereocenters. The average Bonchev–Trinajstić information content (AvgIpc) is 2.35. The van der Waals surface area contributed by atoms with Crippen LogP contribution in [-0.4, -0.2) is 26.5 Å². The highest BCUT2D eigenvalue weighted by Crippen LogP contribution is 2.22. The maximum absolute atomic E-state index is 13.6. The smallest absolute Gasteiger partial charge is 0.243 e. The number of halogens is 2. The molecule has 0 saturated carbocycles. The average molecular weight is 306 g/mol. The number of nitrogens with two attached hydrogens (primary N) is 1. The molecule has 4 nitrogen and oxygen atoms in total. The van der Waals surface area contributed by atoms with E-state index in [2.05, 4.69) is 10.6 Å². The van der Waals surface area contributed by atoms with E-state index in [1.807, 2.05) is 0 Å². The summed E-state index contributed by atoms with van der Waals surface area (Å²) in [6, 6.07) is 1.64. The Bertz CT molecular complexity index is 597. The van der Waals surface area contributed by atoms with Crippen LogP contribution in [0.3, 0.4) is 0 Å². The van der Waals surface area contributed by atoms with Gasteiger partial charge in [0.05, 0.1) is 5.75 Å². The fraction of sp³-hybridized carbons (Fsp3) is 0.273. The van der Waals surface area contributed by atoms with Gasteiger partial charge in [-0.1, -0.05) is 5.92 Å². The molecule has 8 heteroatoms. The molecule has 1 aromatic carbocycles. The molecule has 0 fully saturated rings. The third-order valence-corrected chi connectivity index (χ3v) is 4.45. The van der Waals surface area contributed by atoms with Crippen molar-refractivity contribution in [2.45, 2.75) is 4.90 Å². The Kier molecular flexibility index (Phi) is 5.60. The molecule has 1 rings (SSSR count). The fourth-order valence-corrected chi connectivity index (χ4v) is 2.97. The molecular formula is C11H12F2N2O2S2. The third-order valence-electron chi connectivity index (χ3n) is 2.10. The van der Waals surface area contributed by atoms with Gasteiger partial charge in [0.1, 0.15) is 16.4 Å². The zero-order valence-corrected chi connectivity index (χ0v) is 11.5. The van der Waals surface area contributed by atoms with Gasteiger partial charge in [-0.3, -0.25) is 0 Å². The molecule has 0 radical (unpaired) electrons. The second-order valence-electron chi connectivity index (χ2n) is 3.43. The lowest BCUT2D eigenvalue weighted by atomic mass is 10.3. The van der Waals surface area contributed by atoms with Gasteiger partial charge in [-0.15, -0.1) is 18.2 Å². The number of terminal acetylenes is 1. The van der Waals surface area contributed by atoms with Crippen molar-refractivity contribution in [2.75, 3.05) is 23.8 Å².